The van der Waals surface area contributed by atoms with Crippen molar-refractivity contribution < 1.29 is 14.4 Å². The maximum atomic E-state index is 14.1. The molecule has 1 aliphatic heterocycles. The number of Topliss-reactive ketones (excluding diaryl/α,β-unsaturated/α-hetero) is 1. The van der Waals surface area contributed by atoms with Crippen molar-refractivity contribution in [2.24, 2.45) is 11.7 Å². The first-order valence-electron chi connectivity index (χ1n) is 12.1. The van der Waals surface area contributed by atoms with Crippen LogP contribution in [-0.4, -0.2) is 35.2 Å². The molecule has 1 aliphatic rings. The Labute approximate surface area is 220 Å². The number of urea groups is 1. The molecule has 1 saturated heterocycles. The zero-order valence-electron chi connectivity index (χ0n) is 21.3. The molecule has 1 fully saturated rings. The second kappa shape index (κ2) is 10.2. The molecule has 3 aromatic rings. The molecule has 0 aliphatic carbocycles. The van der Waals surface area contributed by atoms with E-state index in [0.717, 1.165) is 21.6 Å². The van der Waals surface area contributed by atoms with Crippen molar-refractivity contribution in [3.63, 3.8) is 0 Å². The highest BCUT2D eigenvalue weighted by atomic mass is 32.1. The average Bonchev–Trinajstić information content (AvgIpc) is 3.56. The van der Waals surface area contributed by atoms with E-state index in [1.807, 2.05) is 61.0 Å². The molecule has 36 heavy (non-hydrogen) atoms. The quantitative estimate of drug-likeness (QED) is 0.410. The molecular weight excluding hydrogens is 490 g/mol. The Morgan fingerprint density at radius 2 is 1.72 bits per heavy atom. The average molecular weight is 524 g/mol. The van der Waals surface area contributed by atoms with Crippen molar-refractivity contribution in [2.45, 2.75) is 58.0 Å². The number of nitrogens with zero attached hydrogens (tertiary/aromatic N) is 1. The fourth-order valence-electron chi connectivity index (χ4n) is 5.18. The fraction of sp³-hybridized carbons (Fsp3) is 0.393. The maximum Gasteiger partial charge on any atom is 0.318 e. The van der Waals surface area contributed by atoms with Crippen molar-refractivity contribution in [1.29, 1.82) is 0 Å². The first-order chi connectivity index (χ1) is 17.1. The number of ketones is 1. The maximum absolute atomic E-state index is 14.1. The topological polar surface area (TPSA) is 92.5 Å². The Kier molecular flexibility index (Phi) is 7.38. The number of amides is 3. The third-order valence-electron chi connectivity index (χ3n) is 6.92. The minimum Gasteiger partial charge on any atom is -0.368 e. The molecule has 0 radical (unpaired) electrons. The first kappa shape index (κ1) is 26.1. The summed E-state index contributed by atoms with van der Waals surface area (Å²) in [7, 11) is 0. The minimum atomic E-state index is -0.975. The van der Waals surface area contributed by atoms with Gasteiger partial charge >= 0.3 is 6.03 Å². The van der Waals surface area contributed by atoms with Gasteiger partial charge in [-0.15, -0.1) is 22.7 Å². The number of carbonyl (C=O) groups excluding carboxylic acids is 3. The van der Waals surface area contributed by atoms with Gasteiger partial charge in [0.1, 0.15) is 6.04 Å². The number of thiophene rings is 2. The van der Waals surface area contributed by atoms with E-state index in [9.17, 15) is 14.4 Å². The number of hydrogen-bond donors (Lipinski definition) is 2. The molecule has 8 heteroatoms. The van der Waals surface area contributed by atoms with Crippen LogP contribution >= 0.6 is 22.7 Å². The molecule has 3 heterocycles. The Morgan fingerprint density at radius 3 is 2.22 bits per heavy atom. The Balaban J connectivity index is 1.96. The standard InChI is InChI=1S/C28H33N3O3S2/c1-6-30-27(34)31-22(25-16(2)13-15-36-25)21(24(32)19-8-7-14-35-19)20(23(31)26(29)33)17-9-11-18(12-10-17)28(3,4)5/h7-15,20-23H,6H2,1-5H3,(H2,29,33)(H,30,34). The van der Waals surface area contributed by atoms with Gasteiger partial charge in [-0.3, -0.25) is 9.59 Å². The van der Waals surface area contributed by atoms with Crippen LogP contribution in [0.15, 0.2) is 53.2 Å². The van der Waals surface area contributed by atoms with Gasteiger partial charge in [0, 0.05) is 17.3 Å². The molecule has 1 aromatic carbocycles. The molecule has 0 bridgehead atoms. The van der Waals surface area contributed by atoms with E-state index in [-0.39, 0.29) is 11.2 Å². The summed E-state index contributed by atoms with van der Waals surface area (Å²) in [5.74, 6) is -1.94. The Hall–Kier alpha value is -2.97. The predicted octanol–water partition coefficient (Wildman–Crippen LogP) is 5.64. The molecule has 6 nitrogen and oxygen atoms in total. The van der Waals surface area contributed by atoms with Crippen LogP contribution in [0.1, 0.15) is 70.9 Å². The lowest BCUT2D eigenvalue weighted by Gasteiger charge is -2.30. The summed E-state index contributed by atoms with van der Waals surface area (Å²) < 4.78 is 0. The van der Waals surface area contributed by atoms with Crippen LogP contribution in [0.2, 0.25) is 0 Å². The minimum absolute atomic E-state index is 0.0485. The Morgan fingerprint density at radius 1 is 1.03 bits per heavy atom. The highest BCUT2D eigenvalue weighted by Crippen LogP contribution is 2.53. The van der Waals surface area contributed by atoms with Crippen molar-refractivity contribution in [3.8, 4) is 0 Å². The van der Waals surface area contributed by atoms with E-state index in [1.165, 1.54) is 27.6 Å². The number of rotatable bonds is 6. The van der Waals surface area contributed by atoms with Crippen LogP contribution in [0, 0.1) is 12.8 Å². The van der Waals surface area contributed by atoms with Crippen LogP contribution in [-0.2, 0) is 10.2 Å². The second-order valence-electron chi connectivity index (χ2n) is 10.3. The van der Waals surface area contributed by atoms with E-state index >= 15 is 0 Å². The smallest absolute Gasteiger partial charge is 0.318 e. The number of hydrogen-bond acceptors (Lipinski definition) is 5. The van der Waals surface area contributed by atoms with E-state index in [1.54, 1.807) is 6.07 Å². The van der Waals surface area contributed by atoms with Crippen LogP contribution < -0.4 is 11.1 Å². The van der Waals surface area contributed by atoms with Gasteiger partial charge in [-0.2, -0.15) is 0 Å². The van der Waals surface area contributed by atoms with Crippen LogP contribution in [0.4, 0.5) is 4.79 Å². The lowest BCUT2D eigenvalue weighted by Crippen LogP contribution is -2.50. The molecule has 4 rings (SSSR count). The number of nitrogens with two attached hydrogens (primary N) is 1. The summed E-state index contributed by atoms with van der Waals surface area (Å²) >= 11 is 2.87. The van der Waals surface area contributed by atoms with Gasteiger partial charge in [0.25, 0.3) is 0 Å². The van der Waals surface area contributed by atoms with E-state index in [4.69, 9.17) is 5.73 Å². The Bertz CT molecular complexity index is 1240. The second-order valence-corrected chi connectivity index (χ2v) is 12.2. The summed E-state index contributed by atoms with van der Waals surface area (Å²) in [6, 6.07) is 11.7. The molecule has 2 aromatic heterocycles. The lowest BCUT2D eigenvalue weighted by molar-refractivity contribution is -0.122. The molecule has 0 spiro atoms. The summed E-state index contributed by atoms with van der Waals surface area (Å²) in [5, 5.41) is 6.68. The van der Waals surface area contributed by atoms with Gasteiger partial charge in [0.15, 0.2) is 5.78 Å². The molecule has 4 unspecified atom stereocenters. The number of primary amides is 1. The van der Waals surface area contributed by atoms with Crippen molar-refractivity contribution in [3.05, 3.63) is 79.7 Å². The third-order valence-corrected chi connectivity index (χ3v) is 8.89. The van der Waals surface area contributed by atoms with E-state index < -0.39 is 35.9 Å². The zero-order valence-corrected chi connectivity index (χ0v) is 22.9. The number of nitrogens with one attached hydrogen (secondary N) is 1. The highest BCUT2D eigenvalue weighted by Gasteiger charge is 2.57. The van der Waals surface area contributed by atoms with Crippen LogP contribution in [0.25, 0.3) is 0 Å². The van der Waals surface area contributed by atoms with Crippen molar-refractivity contribution in [2.75, 3.05) is 6.54 Å². The molecule has 4 atom stereocenters. The fourth-order valence-corrected chi connectivity index (χ4v) is 6.97. The summed E-state index contributed by atoms with van der Waals surface area (Å²) in [5.41, 5.74) is 8.92. The summed E-state index contributed by atoms with van der Waals surface area (Å²) in [6.45, 7) is 10.6. The number of carbonyl (C=O) groups is 3. The van der Waals surface area contributed by atoms with Gasteiger partial charge in [0.05, 0.1) is 16.8 Å². The lowest BCUT2D eigenvalue weighted by atomic mass is 9.77. The highest BCUT2D eigenvalue weighted by molar-refractivity contribution is 7.12. The number of benzene rings is 1. The van der Waals surface area contributed by atoms with Crippen molar-refractivity contribution >= 4 is 40.4 Å². The van der Waals surface area contributed by atoms with Gasteiger partial charge < -0.3 is 16.0 Å². The molecular formula is C28H33N3O3S2. The van der Waals surface area contributed by atoms with Crippen LogP contribution in [0.3, 0.4) is 0 Å². The summed E-state index contributed by atoms with van der Waals surface area (Å²) in [4.78, 5) is 43.7. The van der Waals surface area contributed by atoms with Crippen LogP contribution in [0.5, 0.6) is 0 Å². The molecule has 3 amide bonds. The molecule has 0 saturated carbocycles. The normalized spacial score (nSPS) is 22.0. The summed E-state index contributed by atoms with van der Waals surface area (Å²) in [6.07, 6.45) is 0. The van der Waals surface area contributed by atoms with Gasteiger partial charge in [-0.25, -0.2) is 4.79 Å². The molecule has 190 valence electrons. The van der Waals surface area contributed by atoms with Crippen molar-refractivity contribution in [1.82, 2.24) is 10.2 Å². The molecule has 3 N–H and O–H groups in total. The monoisotopic (exact) mass is 523 g/mol. The largest absolute Gasteiger partial charge is 0.368 e. The van der Waals surface area contributed by atoms with Gasteiger partial charge in [-0.1, -0.05) is 51.1 Å². The predicted molar refractivity (Wildman–Crippen MR) is 146 cm³/mol. The first-order valence-corrected chi connectivity index (χ1v) is 13.9. The SMILES string of the molecule is CCNC(=O)N1C(C(N)=O)C(c2ccc(C(C)(C)C)cc2)C(C(=O)c2cccs2)C1c1sccc1C. The van der Waals surface area contributed by atoms with E-state index in [2.05, 4.69) is 26.1 Å². The zero-order chi connectivity index (χ0) is 26.2. The van der Waals surface area contributed by atoms with Gasteiger partial charge in [0.2, 0.25) is 5.91 Å². The number of aryl methyl sites for hydroxylation is 1. The van der Waals surface area contributed by atoms with Gasteiger partial charge in [-0.05, 0) is 58.8 Å². The third kappa shape index (κ3) is 4.72. The number of likely N-dealkylation sites (tertiary alicyclic amines) is 1. The van der Waals surface area contributed by atoms with E-state index in [0.29, 0.717) is 11.4 Å².